The average Bonchev–Trinajstić information content (AvgIpc) is 2.52. The van der Waals surface area contributed by atoms with Crippen molar-refractivity contribution in [2.75, 3.05) is 6.54 Å². The first-order chi connectivity index (χ1) is 5.34. The molecule has 0 fully saturated rings. The number of isocyanates is 1. The van der Waals surface area contributed by atoms with Gasteiger partial charge in [0.25, 0.3) is 0 Å². The molecule has 0 atom stereocenters. The third kappa shape index (κ3) is 2.15. The zero-order valence-electron chi connectivity index (χ0n) is 5.91. The number of nitrogens with zero attached hydrogens (tertiary/aromatic N) is 1. The van der Waals surface area contributed by atoms with E-state index >= 15 is 0 Å². The molecule has 1 aromatic rings. The summed E-state index contributed by atoms with van der Waals surface area (Å²) in [5.74, 6) is 0. The monoisotopic (exact) mass is 165 g/mol. The molecular weight excluding hydrogens is 158 g/mol. The van der Waals surface area contributed by atoms with Crippen molar-refractivity contribution in [3.63, 3.8) is 0 Å². The average molecular weight is 165 g/mol. The van der Waals surface area contributed by atoms with Gasteiger partial charge in [-0.1, -0.05) is 12.6 Å². The Labute approximate surface area is 68.9 Å². The molecule has 0 aliphatic rings. The topological polar surface area (TPSA) is 29.4 Å². The number of rotatable bonds is 3. The second kappa shape index (κ2) is 3.86. The maximum Gasteiger partial charge on any atom is 0.235 e. The fraction of sp³-hybridized carbons (Fsp3) is 0.125. The van der Waals surface area contributed by atoms with Gasteiger partial charge in [-0.15, -0.1) is 11.3 Å². The van der Waals surface area contributed by atoms with E-state index in [4.69, 9.17) is 0 Å². The van der Waals surface area contributed by atoms with E-state index in [0.717, 1.165) is 10.5 Å². The predicted molar refractivity (Wildman–Crippen MR) is 46.3 cm³/mol. The summed E-state index contributed by atoms with van der Waals surface area (Å²) in [4.78, 5) is 14.3. The van der Waals surface area contributed by atoms with Crippen LogP contribution in [0, 0.1) is 0 Å². The number of aliphatic imine (C=N–C) groups is 1. The van der Waals surface area contributed by atoms with Crippen molar-refractivity contribution >= 4 is 23.0 Å². The van der Waals surface area contributed by atoms with Gasteiger partial charge in [-0.3, -0.25) is 0 Å². The second-order valence-electron chi connectivity index (χ2n) is 1.99. The van der Waals surface area contributed by atoms with Gasteiger partial charge in [-0.25, -0.2) is 9.79 Å². The van der Waals surface area contributed by atoms with Crippen LogP contribution in [0.5, 0.6) is 0 Å². The van der Waals surface area contributed by atoms with Crippen molar-refractivity contribution in [1.82, 2.24) is 0 Å². The Morgan fingerprint density at radius 2 is 2.64 bits per heavy atom. The maximum absolute atomic E-state index is 9.75. The minimum atomic E-state index is 0.351. The molecule has 0 saturated heterocycles. The maximum atomic E-state index is 9.75. The summed E-state index contributed by atoms with van der Waals surface area (Å²) in [7, 11) is 0. The van der Waals surface area contributed by atoms with E-state index in [0.29, 0.717) is 6.54 Å². The Morgan fingerprint density at radius 1 is 1.82 bits per heavy atom. The SMILES string of the molecule is C=C(CN=C=O)c1cccs1. The second-order valence-corrected chi connectivity index (χ2v) is 2.94. The molecule has 1 heterocycles. The number of carbonyl (C=O) groups excluding carboxylic acids is 1. The normalized spacial score (nSPS) is 8.73. The molecular formula is C8H7NOS. The molecule has 0 aromatic carbocycles. The van der Waals surface area contributed by atoms with E-state index in [1.54, 1.807) is 11.3 Å². The van der Waals surface area contributed by atoms with Crippen LogP contribution < -0.4 is 0 Å². The summed E-state index contributed by atoms with van der Waals surface area (Å²) < 4.78 is 0. The molecule has 0 aliphatic heterocycles. The molecule has 0 bridgehead atoms. The molecule has 1 aromatic heterocycles. The molecule has 1 rings (SSSR count). The minimum absolute atomic E-state index is 0.351. The van der Waals surface area contributed by atoms with Crippen molar-refractivity contribution in [2.45, 2.75) is 0 Å². The zero-order chi connectivity index (χ0) is 8.10. The zero-order valence-corrected chi connectivity index (χ0v) is 6.73. The van der Waals surface area contributed by atoms with Crippen LogP contribution in [0.1, 0.15) is 4.88 Å². The van der Waals surface area contributed by atoms with Gasteiger partial charge in [0.2, 0.25) is 6.08 Å². The number of hydrogen-bond donors (Lipinski definition) is 0. The van der Waals surface area contributed by atoms with E-state index in [9.17, 15) is 4.79 Å². The molecule has 0 unspecified atom stereocenters. The molecule has 0 saturated carbocycles. The van der Waals surface area contributed by atoms with Crippen LogP contribution in [0.15, 0.2) is 29.1 Å². The van der Waals surface area contributed by atoms with Crippen molar-refractivity contribution in [3.05, 3.63) is 29.0 Å². The van der Waals surface area contributed by atoms with Crippen molar-refractivity contribution in [1.29, 1.82) is 0 Å². The highest BCUT2D eigenvalue weighted by Gasteiger charge is 1.96. The standard InChI is InChI=1S/C8H7NOS/c1-7(5-9-6-10)8-3-2-4-11-8/h2-4H,1,5H2. The lowest BCUT2D eigenvalue weighted by Gasteiger charge is -1.93. The summed E-state index contributed by atoms with van der Waals surface area (Å²) in [5, 5.41) is 1.96. The van der Waals surface area contributed by atoms with Gasteiger partial charge in [0, 0.05) is 4.88 Å². The largest absolute Gasteiger partial charge is 0.235 e. The van der Waals surface area contributed by atoms with Gasteiger partial charge in [0.1, 0.15) is 0 Å². The predicted octanol–water partition coefficient (Wildman–Crippen LogP) is 2.10. The van der Waals surface area contributed by atoms with Crippen LogP contribution in [0.2, 0.25) is 0 Å². The summed E-state index contributed by atoms with van der Waals surface area (Å²) in [6.07, 6.45) is 1.48. The first-order valence-corrected chi connectivity index (χ1v) is 3.98. The molecule has 11 heavy (non-hydrogen) atoms. The Bertz CT molecular complexity index is 283. The van der Waals surface area contributed by atoms with E-state index in [1.165, 1.54) is 6.08 Å². The Kier molecular flexibility index (Phi) is 2.78. The van der Waals surface area contributed by atoms with E-state index in [2.05, 4.69) is 11.6 Å². The van der Waals surface area contributed by atoms with Gasteiger partial charge in [-0.05, 0) is 17.0 Å². The van der Waals surface area contributed by atoms with Crippen LogP contribution in [-0.2, 0) is 4.79 Å². The number of hydrogen-bond acceptors (Lipinski definition) is 3. The minimum Gasteiger partial charge on any atom is -0.211 e. The third-order valence-corrected chi connectivity index (χ3v) is 2.18. The van der Waals surface area contributed by atoms with Crippen LogP contribution in [0.3, 0.4) is 0 Å². The lowest BCUT2D eigenvalue weighted by molar-refractivity contribution is 0.564. The van der Waals surface area contributed by atoms with Crippen LogP contribution >= 0.6 is 11.3 Å². The third-order valence-electron chi connectivity index (χ3n) is 1.20. The smallest absolute Gasteiger partial charge is 0.211 e. The van der Waals surface area contributed by atoms with Gasteiger partial charge < -0.3 is 0 Å². The summed E-state index contributed by atoms with van der Waals surface area (Å²) in [6.45, 7) is 4.12. The summed E-state index contributed by atoms with van der Waals surface area (Å²) in [6, 6.07) is 3.89. The Balaban J connectivity index is 2.63. The van der Waals surface area contributed by atoms with Gasteiger partial charge >= 0.3 is 0 Å². The molecule has 3 heteroatoms. The van der Waals surface area contributed by atoms with E-state index in [1.807, 2.05) is 17.5 Å². The van der Waals surface area contributed by atoms with Gasteiger partial charge in [0.05, 0.1) is 6.54 Å². The van der Waals surface area contributed by atoms with Gasteiger partial charge in [-0.2, -0.15) is 0 Å². The van der Waals surface area contributed by atoms with Crippen LogP contribution in [0.25, 0.3) is 5.57 Å². The molecule has 0 aliphatic carbocycles. The Hall–Kier alpha value is -1.18. The lowest BCUT2D eigenvalue weighted by Crippen LogP contribution is -1.81. The molecule has 0 spiro atoms. The first-order valence-electron chi connectivity index (χ1n) is 3.10. The van der Waals surface area contributed by atoms with E-state index in [-0.39, 0.29) is 0 Å². The highest BCUT2D eigenvalue weighted by molar-refractivity contribution is 7.11. The fourth-order valence-corrected chi connectivity index (χ4v) is 1.38. The quantitative estimate of drug-likeness (QED) is 0.498. The first kappa shape index (κ1) is 7.92. The highest BCUT2D eigenvalue weighted by atomic mass is 32.1. The summed E-state index contributed by atoms with van der Waals surface area (Å²) >= 11 is 1.59. The molecule has 0 radical (unpaired) electrons. The molecule has 0 N–H and O–H groups in total. The Morgan fingerprint density at radius 3 is 3.18 bits per heavy atom. The van der Waals surface area contributed by atoms with Crippen molar-refractivity contribution in [2.24, 2.45) is 4.99 Å². The van der Waals surface area contributed by atoms with Crippen molar-refractivity contribution in [3.8, 4) is 0 Å². The fourth-order valence-electron chi connectivity index (χ4n) is 0.685. The van der Waals surface area contributed by atoms with Crippen LogP contribution in [-0.4, -0.2) is 12.6 Å². The molecule has 2 nitrogen and oxygen atoms in total. The highest BCUT2D eigenvalue weighted by Crippen LogP contribution is 2.17. The van der Waals surface area contributed by atoms with E-state index < -0.39 is 0 Å². The number of thiophene rings is 1. The van der Waals surface area contributed by atoms with Crippen LogP contribution in [0.4, 0.5) is 0 Å². The summed E-state index contributed by atoms with van der Waals surface area (Å²) in [5.41, 5.74) is 0.864. The van der Waals surface area contributed by atoms with Gasteiger partial charge in [0.15, 0.2) is 0 Å². The lowest BCUT2D eigenvalue weighted by atomic mass is 10.2. The molecule has 0 amide bonds. The molecule has 56 valence electrons. The van der Waals surface area contributed by atoms with Crippen molar-refractivity contribution < 1.29 is 4.79 Å².